The van der Waals surface area contributed by atoms with Gasteiger partial charge in [0.1, 0.15) is 0 Å². The summed E-state index contributed by atoms with van der Waals surface area (Å²) in [7, 11) is 1.63. The molecule has 0 spiro atoms. The van der Waals surface area contributed by atoms with Crippen molar-refractivity contribution in [2.45, 2.75) is 50.1 Å². The normalized spacial score (nSPS) is 24.6. The third-order valence-electron chi connectivity index (χ3n) is 8.29. The lowest BCUT2D eigenvalue weighted by molar-refractivity contribution is -0.126. The first-order chi connectivity index (χ1) is 16.6. The van der Waals surface area contributed by atoms with Crippen molar-refractivity contribution in [3.8, 4) is 0 Å². The number of hydrogen-bond acceptors (Lipinski definition) is 3. The molecule has 2 amide bonds. The SMILES string of the molecule is CNC(=O)CC1C(=O)N(C2CCN(C3c4cccc5cccc(c45)[C@H]3C)CC2)c2ccccc21. The quantitative estimate of drug-likeness (QED) is 0.621. The molecule has 1 N–H and O–H groups in total. The number of nitrogens with zero attached hydrogens (tertiary/aromatic N) is 2. The number of piperidine rings is 1. The molecule has 3 aliphatic rings. The van der Waals surface area contributed by atoms with Gasteiger partial charge in [0.2, 0.25) is 11.8 Å². The fourth-order valence-corrected chi connectivity index (χ4v) is 6.68. The molecule has 34 heavy (non-hydrogen) atoms. The van der Waals surface area contributed by atoms with Gasteiger partial charge >= 0.3 is 0 Å². The standard InChI is InChI=1S/C29H31N3O2/c1-18-21-10-5-7-19-8-6-11-23(27(19)21)28(18)31-15-13-20(14-16-31)32-25-12-4-3-9-22(25)24(29(32)34)17-26(33)30-2/h3-12,18,20,24,28H,13-17H2,1-2H3,(H,30,33)/t18-,24?,28?/m1/s1. The highest BCUT2D eigenvalue weighted by Crippen LogP contribution is 2.49. The highest BCUT2D eigenvalue weighted by Gasteiger charge is 2.43. The second kappa shape index (κ2) is 8.24. The highest BCUT2D eigenvalue weighted by molar-refractivity contribution is 6.07. The molecule has 2 heterocycles. The molecule has 3 atom stereocenters. The maximum Gasteiger partial charge on any atom is 0.235 e. The molecule has 0 radical (unpaired) electrons. The Hall–Kier alpha value is -3.18. The molecule has 2 aliphatic heterocycles. The lowest BCUT2D eigenvalue weighted by Gasteiger charge is -2.41. The maximum atomic E-state index is 13.5. The van der Waals surface area contributed by atoms with Gasteiger partial charge in [0.25, 0.3) is 0 Å². The summed E-state index contributed by atoms with van der Waals surface area (Å²) in [4.78, 5) is 30.3. The average Bonchev–Trinajstić information content (AvgIpc) is 3.31. The van der Waals surface area contributed by atoms with Crippen LogP contribution >= 0.6 is 0 Å². The van der Waals surface area contributed by atoms with Crippen LogP contribution in [0.3, 0.4) is 0 Å². The maximum absolute atomic E-state index is 13.5. The summed E-state index contributed by atoms with van der Waals surface area (Å²) >= 11 is 0. The Morgan fingerprint density at radius 2 is 1.62 bits per heavy atom. The van der Waals surface area contributed by atoms with E-state index in [-0.39, 0.29) is 30.2 Å². The number of rotatable bonds is 4. The van der Waals surface area contributed by atoms with Crippen LogP contribution < -0.4 is 10.2 Å². The molecule has 3 aromatic rings. The Balaban J connectivity index is 1.23. The van der Waals surface area contributed by atoms with E-state index in [1.807, 2.05) is 29.2 Å². The molecule has 6 rings (SSSR count). The van der Waals surface area contributed by atoms with Crippen LogP contribution in [-0.4, -0.2) is 42.9 Å². The fourth-order valence-electron chi connectivity index (χ4n) is 6.68. The number of amides is 2. The molecular formula is C29H31N3O2. The van der Waals surface area contributed by atoms with Gasteiger partial charge in [0.05, 0.1) is 5.92 Å². The van der Waals surface area contributed by atoms with E-state index in [1.54, 1.807) is 7.05 Å². The summed E-state index contributed by atoms with van der Waals surface area (Å²) in [6, 6.07) is 22.0. The Kier molecular flexibility index (Phi) is 5.18. The molecule has 0 saturated carbocycles. The van der Waals surface area contributed by atoms with E-state index in [0.717, 1.165) is 37.2 Å². The van der Waals surface area contributed by atoms with Crippen LogP contribution in [0, 0.1) is 0 Å². The second-order valence-electron chi connectivity index (χ2n) is 9.99. The lowest BCUT2D eigenvalue weighted by atomic mass is 9.93. The summed E-state index contributed by atoms with van der Waals surface area (Å²) in [5.41, 5.74) is 4.89. The second-order valence-corrected chi connectivity index (χ2v) is 9.99. The highest BCUT2D eigenvalue weighted by atomic mass is 16.2. The molecule has 1 aliphatic carbocycles. The van der Waals surface area contributed by atoms with E-state index in [9.17, 15) is 9.59 Å². The smallest absolute Gasteiger partial charge is 0.235 e. The first-order valence-electron chi connectivity index (χ1n) is 12.5. The Bertz CT molecular complexity index is 1270. The van der Waals surface area contributed by atoms with Crippen LogP contribution in [0.15, 0.2) is 60.7 Å². The third kappa shape index (κ3) is 3.17. The van der Waals surface area contributed by atoms with Crippen LogP contribution in [-0.2, 0) is 9.59 Å². The predicted octanol–water partition coefficient (Wildman–Crippen LogP) is 4.73. The molecule has 5 nitrogen and oxygen atoms in total. The predicted molar refractivity (Wildman–Crippen MR) is 135 cm³/mol. The van der Waals surface area contributed by atoms with Crippen molar-refractivity contribution in [1.29, 1.82) is 0 Å². The van der Waals surface area contributed by atoms with E-state index < -0.39 is 0 Å². The minimum Gasteiger partial charge on any atom is -0.359 e. The largest absolute Gasteiger partial charge is 0.359 e. The van der Waals surface area contributed by atoms with Gasteiger partial charge in [-0.2, -0.15) is 0 Å². The van der Waals surface area contributed by atoms with E-state index in [0.29, 0.717) is 12.0 Å². The van der Waals surface area contributed by atoms with Crippen LogP contribution in [0.25, 0.3) is 10.8 Å². The zero-order valence-electron chi connectivity index (χ0n) is 19.8. The zero-order valence-corrected chi connectivity index (χ0v) is 19.8. The number of anilines is 1. The van der Waals surface area contributed by atoms with Crippen molar-refractivity contribution >= 4 is 28.3 Å². The van der Waals surface area contributed by atoms with Crippen molar-refractivity contribution in [1.82, 2.24) is 10.2 Å². The van der Waals surface area contributed by atoms with Gasteiger partial charge in [0.15, 0.2) is 0 Å². The molecule has 174 valence electrons. The van der Waals surface area contributed by atoms with Crippen LogP contribution in [0.4, 0.5) is 5.69 Å². The van der Waals surface area contributed by atoms with Gasteiger partial charge in [-0.3, -0.25) is 14.5 Å². The zero-order chi connectivity index (χ0) is 23.4. The van der Waals surface area contributed by atoms with Gasteiger partial charge in [0, 0.05) is 50.2 Å². The van der Waals surface area contributed by atoms with Gasteiger partial charge in [-0.25, -0.2) is 0 Å². The van der Waals surface area contributed by atoms with Crippen molar-refractivity contribution in [2.24, 2.45) is 0 Å². The van der Waals surface area contributed by atoms with Crippen LogP contribution in [0.5, 0.6) is 0 Å². The number of para-hydroxylation sites is 1. The molecule has 2 unspecified atom stereocenters. The van der Waals surface area contributed by atoms with Crippen molar-refractivity contribution in [2.75, 3.05) is 25.0 Å². The number of fused-ring (bicyclic) bond motifs is 1. The van der Waals surface area contributed by atoms with E-state index in [4.69, 9.17) is 0 Å². The Morgan fingerprint density at radius 1 is 0.941 bits per heavy atom. The molecule has 5 heteroatoms. The fraction of sp³-hybridized carbons (Fsp3) is 0.379. The number of benzene rings is 3. The molecule has 0 bridgehead atoms. The number of likely N-dealkylation sites (tertiary alicyclic amines) is 1. The number of carbonyl (C=O) groups excluding carboxylic acids is 2. The average molecular weight is 454 g/mol. The minimum atomic E-state index is -0.379. The summed E-state index contributed by atoms with van der Waals surface area (Å²) in [5, 5.41) is 5.45. The molecule has 1 fully saturated rings. The monoisotopic (exact) mass is 453 g/mol. The summed E-state index contributed by atoms with van der Waals surface area (Å²) < 4.78 is 0. The Labute approximate surface area is 200 Å². The minimum absolute atomic E-state index is 0.0784. The van der Waals surface area contributed by atoms with E-state index in [1.165, 1.54) is 21.9 Å². The molecule has 0 aromatic heterocycles. The first kappa shape index (κ1) is 21.4. The summed E-state index contributed by atoms with van der Waals surface area (Å²) in [5.74, 6) is 0.0725. The van der Waals surface area contributed by atoms with Crippen molar-refractivity contribution in [3.05, 3.63) is 77.4 Å². The molecule has 1 saturated heterocycles. The summed E-state index contributed by atoms with van der Waals surface area (Å²) in [6.07, 6.45) is 2.11. The van der Waals surface area contributed by atoms with E-state index >= 15 is 0 Å². The first-order valence-corrected chi connectivity index (χ1v) is 12.5. The summed E-state index contributed by atoms with van der Waals surface area (Å²) in [6.45, 7) is 4.29. The van der Waals surface area contributed by atoms with Gasteiger partial charge in [-0.1, -0.05) is 61.5 Å². The topological polar surface area (TPSA) is 52.7 Å². The van der Waals surface area contributed by atoms with E-state index in [2.05, 4.69) is 53.5 Å². The molecular weight excluding hydrogens is 422 g/mol. The van der Waals surface area contributed by atoms with Crippen LogP contribution in [0.2, 0.25) is 0 Å². The number of carbonyl (C=O) groups is 2. The Morgan fingerprint density at radius 3 is 2.35 bits per heavy atom. The third-order valence-corrected chi connectivity index (χ3v) is 8.29. The van der Waals surface area contributed by atoms with Gasteiger partial charge < -0.3 is 10.2 Å². The number of hydrogen-bond donors (Lipinski definition) is 1. The molecule has 3 aromatic carbocycles. The van der Waals surface area contributed by atoms with Gasteiger partial charge in [-0.05, 0) is 46.4 Å². The van der Waals surface area contributed by atoms with Crippen molar-refractivity contribution < 1.29 is 9.59 Å². The lowest BCUT2D eigenvalue weighted by Crippen LogP contribution is -2.48. The number of nitrogens with one attached hydrogen (secondary N) is 1. The van der Waals surface area contributed by atoms with Gasteiger partial charge in [-0.15, -0.1) is 0 Å². The van der Waals surface area contributed by atoms with Crippen LogP contribution in [0.1, 0.15) is 60.8 Å². The van der Waals surface area contributed by atoms with Crippen molar-refractivity contribution in [3.63, 3.8) is 0 Å².